The average Bonchev–Trinajstić information content (AvgIpc) is 3.41. The van der Waals surface area contributed by atoms with Gasteiger partial charge in [0.05, 0.1) is 13.0 Å². The highest BCUT2D eigenvalue weighted by atomic mass is 32.2. The van der Waals surface area contributed by atoms with E-state index in [0.717, 1.165) is 10.8 Å². The summed E-state index contributed by atoms with van der Waals surface area (Å²) in [5.41, 5.74) is -2.99. The van der Waals surface area contributed by atoms with Crippen LogP contribution >= 0.6 is 0 Å². The predicted octanol–water partition coefficient (Wildman–Crippen LogP) is 2.91. The predicted molar refractivity (Wildman–Crippen MR) is 99.9 cm³/mol. The quantitative estimate of drug-likeness (QED) is 0.376. The van der Waals surface area contributed by atoms with E-state index in [1.165, 1.54) is 0 Å². The van der Waals surface area contributed by atoms with Crippen molar-refractivity contribution in [1.29, 1.82) is 0 Å². The van der Waals surface area contributed by atoms with E-state index in [0.29, 0.717) is 31.5 Å². The maximum atomic E-state index is 13.2. The van der Waals surface area contributed by atoms with E-state index in [2.05, 4.69) is 4.74 Å². The molecule has 30 heavy (non-hydrogen) atoms. The van der Waals surface area contributed by atoms with Crippen LogP contribution in [0.2, 0.25) is 0 Å². The number of esters is 1. The van der Waals surface area contributed by atoms with Gasteiger partial charge in [-0.15, -0.1) is 0 Å². The average molecular weight is 448 g/mol. The molecule has 0 aliphatic carbocycles. The number of hydrogen-bond donors (Lipinski definition) is 1. The lowest BCUT2D eigenvalue weighted by molar-refractivity contribution is -0.255. The van der Waals surface area contributed by atoms with Crippen molar-refractivity contribution in [2.24, 2.45) is 0 Å². The maximum Gasteiger partial charge on any atom is 0.429 e. The highest BCUT2D eigenvalue weighted by Crippen LogP contribution is 2.35. The fourth-order valence-corrected chi connectivity index (χ4v) is 3.72. The Morgan fingerprint density at radius 2 is 1.83 bits per heavy atom. The van der Waals surface area contributed by atoms with E-state index in [4.69, 9.17) is 14.0 Å². The number of carbonyl (C=O) groups excluding carboxylic acids is 1. The lowest BCUT2D eigenvalue weighted by Gasteiger charge is -2.30. The Labute approximate surface area is 170 Å². The van der Waals surface area contributed by atoms with Crippen LogP contribution < -0.4 is 4.74 Å². The third kappa shape index (κ3) is 5.83. The zero-order valence-electron chi connectivity index (χ0n) is 15.8. The molecule has 2 aromatic carbocycles. The third-order valence-corrected chi connectivity index (χ3v) is 5.38. The van der Waals surface area contributed by atoms with E-state index in [9.17, 15) is 26.4 Å². The van der Waals surface area contributed by atoms with Crippen molar-refractivity contribution in [3.05, 3.63) is 42.0 Å². The van der Waals surface area contributed by atoms with E-state index in [1.54, 1.807) is 36.4 Å². The largest absolute Gasteiger partial charge is 0.491 e. The fourth-order valence-electron chi connectivity index (χ4n) is 2.80. The lowest BCUT2D eigenvalue weighted by Crippen LogP contribution is -2.51. The molecule has 2 aromatic rings. The molecule has 1 aliphatic rings. The minimum atomic E-state index is -5.19. The van der Waals surface area contributed by atoms with Crippen molar-refractivity contribution in [2.75, 3.05) is 19.0 Å². The van der Waals surface area contributed by atoms with Crippen LogP contribution in [-0.2, 0) is 30.8 Å². The normalized spacial score (nSPS) is 18.6. The van der Waals surface area contributed by atoms with Crippen LogP contribution in [0.25, 0.3) is 10.8 Å². The van der Waals surface area contributed by atoms with Gasteiger partial charge in [0.15, 0.2) is 0 Å². The first-order valence-electron chi connectivity index (χ1n) is 8.85. The maximum absolute atomic E-state index is 13.2. The first-order chi connectivity index (χ1) is 13.8. The second-order valence-electron chi connectivity index (χ2n) is 7.22. The van der Waals surface area contributed by atoms with Crippen LogP contribution in [-0.4, -0.2) is 55.8 Å². The SMILES string of the molecule is CC(CS(=O)(=O)O)(OC(=O)Cc1ccc2cc(OCC3CO3)ccc2c1)C(F)(F)F. The van der Waals surface area contributed by atoms with Crippen LogP contribution in [0.3, 0.4) is 0 Å². The molecule has 0 saturated carbocycles. The molecule has 3 rings (SSSR count). The topological polar surface area (TPSA) is 102 Å². The molecule has 0 amide bonds. The second-order valence-corrected chi connectivity index (χ2v) is 8.67. The minimum absolute atomic E-state index is 0.109. The summed E-state index contributed by atoms with van der Waals surface area (Å²) >= 11 is 0. The molecule has 1 saturated heterocycles. The van der Waals surface area contributed by atoms with Crippen LogP contribution in [0.4, 0.5) is 13.2 Å². The molecule has 0 spiro atoms. The number of fused-ring (bicyclic) bond motifs is 1. The summed E-state index contributed by atoms with van der Waals surface area (Å²) < 4.78 is 85.4. The van der Waals surface area contributed by atoms with Gasteiger partial charge in [-0.1, -0.05) is 24.3 Å². The molecular formula is C19H19F3O7S. The summed E-state index contributed by atoms with van der Waals surface area (Å²) in [5, 5.41) is 1.53. The van der Waals surface area contributed by atoms with Gasteiger partial charge in [-0.3, -0.25) is 9.35 Å². The van der Waals surface area contributed by atoms with Gasteiger partial charge in [0, 0.05) is 0 Å². The molecule has 0 bridgehead atoms. The minimum Gasteiger partial charge on any atom is -0.491 e. The number of hydrogen-bond acceptors (Lipinski definition) is 6. The summed E-state index contributed by atoms with van der Waals surface area (Å²) in [6.45, 7) is 1.51. The van der Waals surface area contributed by atoms with Crippen LogP contribution in [0.15, 0.2) is 36.4 Å². The van der Waals surface area contributed by atoms with E-state index in [1.807, 2.05) is 0 Å². The molecule has 1 aliphatic heterocycles. The summed E-state index contributed by atoms with van der Waals surface area (Å²) in [4.78, 5) is 12.1. The van der Waals surface area contributed by atoms with Gasteiger partial charge in [-0.05, 0) is 35.4 Å². The number of ether oxygens (including phenoxy) is 3. The standard InChI is InChI=1S/C19H19F3O7S/c1-18(19(20,21)22,11-30(24,25)26)29-17(23)7-12-2-3-14-8-15(5-4-13(14)6-12)27-9-16-10-28-16/h2-6,8,16H,7,9-11H2,1H3,(H,24,25,26). The number of epoxide rings is 1. The Morgan fingerprint density at radius 1 is 1.20 bits per heavy atom. The number of halogens is 3. The summed E-state index contributed by atoms with van der Waals surface area (Å²) in [6, 6.07) is 10.1. The Balaban J connectivity index is 1.70. The van der Waals surface area contributed by atoms with Gasteiger partial charge in [-0.25, -0.2) is 0 Å². The van der Waals surface area contributed by atoms with Crippen molar-refractivity contribution >= 4 is 26.9 Å². The molecule has 1 fully saturated rings. The Bertz CT molecular complexity index is 1050. The fraction of sp³-hybridized carbons (Fsp3) is 0.421. The molecule has 0 aromatic heterocycles. The first kappa shape index (κ1) is 22.3. The van der Waals surface area contributed by atoms with Crippen LogP contribution in [0.1, 0.15) is 12.5 Å². The van der Waals surface area contributed by atoms with Crippen LogP contribution in [0, 0.1) is 0 Å². The molecular weight excluding hydrogens is 429 g/mol. The molecule has 2 unspecified atom stereocenters. The van der Waals surface area contributed by atoms with Crippen molar-refractivity contribution in [1.82, 2.24) is 0 Å². The zero-order valence-corrected chi connectivity index (χ0v) is 16.6. The first-order valence-corrected chi connectivity index (χ1v) is 10.5. The van der Waals surface area contributed by atoms with Gasteiger partial charge in [-0.2, -0.15) is 21.6 Å². The number of alkyl halides is 3. The Morgan fingerprint density at radius 3 is 2.43 bits per heavy atom. The van der Waals surface area contributed by atoms with E-state index in [-0.39, 0.29) is 6.10 Å². The van der Waals surface area contributed by atoms with E-state index >= 15 is 0 Å². The van der Waals surface area contributed by atoms with Gasteiger partial charge < -0.3 is 14.2 Å². The summed E-state index contributed by atoms with van der Waals surface area (Å²) in [5.74, 6) is -2.43. The highest BCUT2D eigenvalue weighted by molar-refractivity contribution is 7.85. The Hall–Kier alpha value is -2.37. The molecule has 7 nitrogen and oxygen atoms in total. The van der Waals surface area contributed by atoms with Crippen molar-refractivity contribution < 1.29 is 45.1 Å². The number of rotatable bonds is 8. The van der Waals surface area contributed by atoms with E-state index < -0.39 is 40.0 Å². The molecule has 1 N–H and O–H groups in total. The molecule has 0 radical (unpaired) electrons. The van der Waals surface area contributed by atoms with Gasteiger partial charge in [0.1, 0.15) is 24.2 Å². The molecule has 11 heteroatoms. The van der Waals surface area contributed by atoms with Gasteiger partial charge in [0.25, 0.3) is 10.1 Å². The van der Waals surface area contributed by atoms with Gasteiger partial charge in [0.2, 0.25) is 5.60 Å². The molecule has 164 valence electrons. The van der Waals surface area contributed by atoms with Gasteiger partial charge >= 0.3 is 12.1 Å². The summed E-state index contributed by atoms with van der Waals surface area (Å²) in [7, 11) is -5.04. The Kier molecular flexibility index (Phi) is 5.99. The lowest BCUT2D eigenvalue weighted by atomic mass is 10.0. The highest BCUT2D eigenvalue weighted by Gasteiger charge is 2.57. The number of carbonyl (C=O) groups is 1. The zero-order chi connectivity index (χ0) is 22.2. The van der Waals surface area contributed by atoms with Crippen molar-refractivity contribution in [3.63, 3.8) is 0 Å². The third-order valence-electron chi connectivity index (χ3n) is 4.46. The van der Waals surface area contributed by atoms with Crippen molar-refractivity contribution in [3.8, 4) is 5.75 Å². The van der Waals surface area contributed by atoms with Crippen molar-refractivity contribution in [2.45, 2.75) is 31.2 Å². The molecule has 2 atom stereocenters. The smallest absolute Gasteiger partial charge is 0.429 e. The summed E-state index contributed by atoms with van der Waals surface area (Å²) in [6.07, 6.45) is -5.59. The van der Waals surface area contributed by atoms with Crippen LogP contribution in [0.5, 0.6) is 5.75 Å². The monoisotopic (exact) mass is 448 g/mol. The second kappa shape index (κ2) is 8.05. The number of benzene rings is 2. The molecule has 1 heterocycles.